The van der Waals surface area contributed by atoms with Crippen molar-refractivity contribution in [3.05, 3.63) is 41.5 Å². The standard InChI is InChI=1S/C17H26O3Si/c1-13(2)21(19,14(3)4)12-16-9-7-6-8-15(16)10-11-17(18)20-5/h6-11,13-14,19H,12H2,1-5H3/b11-10+. The summed E-state index contributed by atoms with van der Waals surface area (Å²) in [6.45, 7) is 8.39. The molecule has 0 aliphatic rings. The molecule has 0 aromatic heterocycles. The van der Waals surface area contributed by atoms with Crippen molar-refractivity contribution in [1.29, 1.82) is 0 Å². The molecule has 3 nitrogen and oxygen atoms in total. The minimum Gasteiger partial charge on any atom is -0.466 e. The fourth-order valence-electron chi connectivity index (χ4n) is 2.46. The Hall–Kier alpha value is -1.39. The highest BCUT2D eigenvalue weighted by atomic mass is 28.4. The number of methoxy groups -OCH3 is 1. The quantitative estimate of drug-likeness (QED) is 0.495. The zero-order chi connectivity index (χ0) is 16.0. The lowest BCUT2D eigenvalue weighted by atomic mass is 10.1. The number of carbonyl (C=O) groups is 1. The molecule has 0 saturated carbocycles. The summed E-state index contributed by atoms with van der Waals surface area (Å²) in [5.41, 5.74) is 2.63. The Kier molecular flexibility index (Phi) is 6.36. The van der Waals surface area contributed by atoms with Crippen LogP contribution < -0.4 is 0 Å². The highest BCUT2D eigenvalue weighted by molar-refractivity contribution is 6.74. The topological polar surface area (TPSA) is 46.5 Å². The van der Waals surface area contributed by atoms with Gasteiger partial charge in [0.1, 0.15) is 0 Å². The Morgan fingerprint density at radius 2 is 1.81 bits per heavy atom. The third-order valence-corrected chi connectivity index (χ3v) is 9.07. The molecule has 21 heavy (non-hydrogen) atoms. The lowest BCUT2D eigenvalue weighted by Gasteiger charge is -2.33. The van der Waals surface area contributed by atoms with E-state index in [0.29, 0.717) is 6.04 Å². The molecule has 0 bridgehead atoms. The van der Waals surface area contributed by atoms with E-state index in [9.17, 15) is 9.59 Å². The smallest absolute Gasteiger partial charge is 0.330 e. The summed E-state index contributed by atoms with van der Waals surface area (Å²) < 4.78 is 4.62. The predicted octanol–water partition coefficient (Wildman–Crippen LogP) is 3.71. The van der Waals surface area contributed by atoms with Crippen LogP contribution in [-0.4, -0.2) is 26.2 Å². The van der Waals surface area contributed by atoms with Gasteiger partial charge in [0.2, 0.25) is 0 Å². The van der Waals surface area contributed by atoms with E-state index < -0.39 is 8.32 Å². The van der Waals surface area contributed by atoms with Crippen LogP contribution in [0, 0.1) is 0 Å². The monoisotopic (exact) mass is 306 g/mol. The van der Waals surface area contributed by atoms with Gasteiger partial charge in [0.05, 0.1) is 7.11 Å². The van der Waals surface area contributed by atoms with Crippen LogP contribution in [0.3, 0.4) is 0 Å². The first-order valence-corrected chi connectivity index (χ1v) is 9.68. The van der Waals surface area contributed by atoms with Gasteiger partial charge in [0.25, 0.3) is 0 Å². The van der Waals surface area contributed by atoms with Crippen LogP contribution >= 0.6 is 0 Å². The average Bonchev–Trinajstić information content (AvgIpc) is 2.45. The molecule has 1 aromatic carbocycles. The Balaban J connectivity index is 3.09. The molecule has 0 aliphatic carbocycles. The van der Waals surface area contributed by atoms with Crippen LogP contribution in [0.4, 0.5) is 0 Å². The number of ether oxygens (including phenoxy) is 1. The third-order valence-electron chi connectivity index (χ3n) is 4.13. The summed E-state index contributed by atoms with van der Waals surface area (Å²) in [6, 6.07) is 8.60. The molecule has 0 fully saturated rings. The van der Waals surface area contributed by atoms with E-state index in [1.807, 2.05) is 24.3 Å². The summed E-state index contributed by atoms with van der Waals surface area (Å²) in [5.74, 6) is -0.370. The minimum absolute atomic E-state index is 0.287. The maximum Gasteiger partial charge on any atom is 0.330 e. The van der Waals surface area contributed by atoms with E-state index in [2.05, 4.69) is 32.4 Å². The highest BCUT2D eigenvalue weighted by Crippen LogP contribution is 2.33. The first-order chi connectivity index (χ1) is 9.81. The summed E-state index contributed by atoms with van der Waals surface area (Å²) in [5, 5.41) is 0. The van der Waals surface area contributed by atoms with Crippen molar-refractivity contribution in [2.45, 2.75) is 44.8 Å². The van der Waals surface area contributed by atoms with Crippen LogP contribution in [0.2, 0.25) is 11.1 Å². The fraction of sp³-hybridized carbons (Fsp3) is 0.471. The van der Waals surface area contributed by atoms with Gasteiger partial charge in [-0.1, -0.05) is 52.0 Å². The van der Waals surface area contributed by atoms with Crippen LogP contribution in [0.5, 0.6) is 0 Å². The van der Waals surface area contributed by atoms with Gasteiger partial charge in [-0.2, -0.15) is 0 Å². The maximum absolute atomic E-state index is 11.2. The van der Waals surface area contributed by atoms with Crippen LogP contribution in [0.1, 0.15) is 38.8 Å². The van der Waals surface area contributed by atoms with Gasteiger partial charge in [-0.25, -0.2) is 4.79 Å². The summed E-state index contributed by atoms with van der Waals surface area (Å²) >= 11 is 0. The van der Waals surface area contributed by atoms with Crippen molar-refractivity contribution >= 4 is 20.4 Å². The second-order valence-corrected chi connectivity index (χ2v) is 10.7. The van der Waals surface area contributed by atoms with Gasteiger partial charge in [-0.05, 0) is 34.3 Å². The van der Waals surface area contributed by atoms with Crippen molar-refractivity contribution in [3.63, 3.8) is 0 Å². The minimum atomic E-state index is -2.39. The van der Waals surface area contributed by atoms with Gasteiger partial charge in [-0.3, -0.25) is 0 Å². The molecule has 1 rings (SSSR count). The molecule has 116 valence electrons. The second kappa shape index (κ2) is 7.57. The first kappa shape index (κ1) is 17.7. The van der Waals surface area contributed by atoms with Crippen LogP contribution in [-0.2, 0) is 15.6 Å². The zero-order valence-electron chi connectivity index (χ0n) is 13.6. The number of hydrogen-bond donors (Lipinski definition) is 1. The summed E-state index contributed by atoms with van der Waals surface area (Å²) in [6.07, 6.45) is 3.18. The van der Waals surface area contributed by atoms with Gasteiger partial charge in [0.15, 0.2) is 8.32 Å². The Labute approximate surface area is 128 Å². The van der Waals surface area contributed by atoms with E-state index in [4.69, 9.17) is 0 Å². The maximum atomic E-state index is 11.2. The van der Waals surface area contributed by atoms with Crippen LogP contribution in [0.15, 0.2) is 30.3 Å². The van der Waals surface area contributed by atoms with Crippen LogP contribution in [0.25, 0.3) is 6.08 Å². The summed E-state index contributed by atoms with van der Waals surface area (Å²) in [7, 11) is -1.03. The van der Waals surface area contributed by atoms with E-state index in [1.165, 1.54) is 13.2 Å². The molecule has 0 atom stereocenters. The first-order valence-electron chi connectivity index (χ1n) is 7.37. The molecule has 1 aromatic rings. The number of hydrogen-bond acceptors (Lipinski definition) is 3. The van der Waals surface area contributed by atoms with Crippen molar-refractivity contribution in [1.82, 2.24) is 0 Å². The molecule has 0 unspecified atom stereocenters. The van der Waals surface area contributed by atoms with Gasteiger partial charge >= 0.3 is 5.97 Å². The van der Waals surface area contributed by atoms with Crippen molar-refractivity contribution < 1.29 is 14.3 Å². The lowest BCUT2D eigenvalue weighted by Crippen LogP contribution is -2.44. The normalized spacial score (nSPS) is 12.4. The highest BCUT2D eigenvalue weighted by Gasteiger charge is 2.38. The third kappa shape index (κ3) is 4.54. The van der Waals surface area contributed by atoms with Crippen molar-refractivity contribution in [2.24, 2.45) is 0 Å². The molecule has 0 saturated heterocycles. The van der Waals surface area contributed by atoms with Gasteiger partial charge in [-0.15, -0.1) is 0 Å². The van der Waals surface area contributed by atoms with E-state index in [-0.39, 0.29) is 17.1 Å². The fourth-order valence-corrected chi connectivity index (χ4v) is 5.55. The van der Waals surface area contributed by atoms with E-state index >= 15 is 0 Å². The Morgan fingerprint density at radius 1 is 1.24 bits per heavy atom. The largest absolute Gasteiger partial charge is 0.466 e. The number of rotatable bonds is 6. The number of esters is 1. The van der Waals surface area contributed by atoms with E-state index in [1.54, 1.807) is 6.08 Å². The molecular formula is C17H26O3Si. The van der Waals surface area contributed by atoms with Crippen molar-refractivity contribution in [3.8, 4) is 0 Å². The van der Waals surface area contributed by atoms with Gasteiger partial charge < -0.3 is 9.53 Å². The molecule has 0 heterocycles. The second-order valence-electron chi connectivity index (χ2n) is 6.03. The molecule has 0 spiro atoms. The van der Waals surface area contributed by atoms with Gasteiger partial charge in [0, 0.05) is 6.08 Å². The Morgan fingerprint density at radius 3 is 2.33 bits per heavy atom. The molecule has 4 heteroatoms. The molecule has 1 N–H and O–H groups in total. The molecule has 0 radical (unpaired) electrons. The van der Waals surface area contributed by atoms with Crippen molar-refractivity contribution in [2.75, 3.05) is 7.11 Å². The molecular weight excluding hydrogens is 280 g/mol. The predicted molar refractivity (Wildman–Crippen MR) is 89.4 cm³/mol. The average molecular weight is 306 g/mol. The molecule has 0 aliphatic heterocycles. The number of carbonyl (C=O) groups excluding carboxylic acids is 1. The SMILES string of the molecule is COC(=O)/C=C/c1ccccc1C[Si](O)(C(C)C)C(C)C. The number of benzene rings is 1. The zero-order valence-corrected chi connectivity index (χ0v) is 14.6. The Bertz CT molecular complexity index is 499. The lowest BCUT2D eigenvalue weighted by molar-refractivity contribution is -0.134. The summed E-state index contributed by atoms with van der Waals surface area (Å²) in [4.78, 5) is 22.3. The molecule has 0 amide bonds. The van der Waals surface area contributed by atoms with E-state index in [0.717, 1.165) is 11.1 Å².